The normalized spacial score (nSPS) is 10.7. The van der Waals surface area contributed by atoms with E-state index in [4.69, 9.17) is 20.9 Å². The van der Waals surface area contributed by atoms with E-state index in [2.05, 4.69) is 42.7 Å². The van der Waals surface area contributed by atoms with Gasteiger partial charge in [0.25, 0.3) is 11.8 Å². The molecule has 0 fully saturated rings. The number of nitrogens with two attached hydrogens (primary N) is 2. The summed E-state index contributed by atoms with van der Waals surface area (Å²) >= 11 is 0. The van der Waals surface area contributed by atoms with Crippen LogP contribution in [-0.4, -0.2) is 50.8 Å². The Morgan fingerprint density at radius 3 is 2.61 bits per heavy atom. The van der Waals surface area contributed by atoms with Gasteiger partial charge in [-0.1, -0.05) is 25.6 Å². The molecule has 3 aromatic rings. The smallest absolute Gasteiger partial charge is 0.292 e. The highest BCUT2D eigenvalue weighted by Crippen LogP contribution is 2.29. The molecule has 6 N–H and O–H groups in total. The Hall–Kier alpha value is -4.62. The zero-order valence-electron chi connectivity index (χ0n) is 18.2. The zero-order valence-corrected chi connectivity index (χ0v) is 18.2. The molecule has 0 bridgehead atoms. The van der Waals surface area contributed by atoms with Crippen LogP contribution in [0.2, 0.25) is 0 Å². The van der Waals surface area contributed by atoms with Crippen molar-refractivity contribution in [1.82, 2.24) is 36.2 Å². The Morgan fingerprint density at radius 2 is 2.00 bits per heavy atom. The number of methoxy groups -OCH3 is 1. The minimum absolute atomic E-state index is 0.0115. The molecule has 0 aliphatic rings. The van der Waals surface area contributed by atoms with E-state index in [0.717, 1.165) is 0 Å². The van der Waals surface area contributed by atoms with Crippen molar-refractivity contribution in [3.05, 3.63) is 41.7 Å². The summed E-state index contributed by atoms with van der Waals surface area (Å²) in [6.07, 6.45) is 0. The van der Waals surface area contributed by atoms with Gasteiger partial charge in [-0.05, 0) is 34.4 Å². The van der Waals surface area contributed by atoms with Crippen molar-refractivity contribution in [1.29, 1.82) is 0 Å². The fraction of sp³-hybridized carbons (Fsp3) is 0.263. The number of benzene rings is 1. The number of hydrogen-bond donors (Lipinski definition) is 4. The van der Waals surface area contributed by atoms with Crippen LogP contribution in [0, 0.1) is 0 Å². The molecule has 2 heterocycles. The van der Waals surface area contributed by atoms with Gasteiger partial charge in [0.2, 0.25) is 11.6 Å². The second kappa shape index (κ2) is 9.67. The fourth-order valence-corrected chi connectivity index (χ4v) is 2.85. The Labute approximate surface area is 187 Å². The number of ether oxygens (including phenoxy) is 2. The first-order valence-electron chi connectivity index (χ1n) is 9.61. The number of carbonyl (C=O) groups is 2. The van der Waals surface area contributed by atoms with Crippen molar-refractivity contribution >= 4 is 23.3 Å². The lowest BCUT2D eigenvalue weighted by Gasteiger charge is -2.14. The van der Waals surface area contributed by atoms with E-state index in [1.807, 2.05) is 13.8 Å². The van der Waals surface area contributed by atoms with Crippen molar-refractivity contribution in [3.8, 4) is 17.3 Å². The zero-order chi connectivity index (χ0) is 24.1. The number of nitrogens with zero attached hydrogens (tertiary/aromatic N) is 5. The third kappa shape index (κ3) is 5.00. The molecular weight excluding hydrogens is 434 g/mol. The standard InChI is InChI=1S/C19H23N9O5/c1-9(2)16-15(23-27-28(16)18-17(21)25-33-26-18)19(30)24-22-10(3)11-5-6-12(13(7-11)31-4)32-8-14(20)29/h5-7,9,22H,3,8H2,1-2,4H3,(H2,20,29)(H2,21,25)(H,24,30). The lowest BCUT2D eigenvalue weighted by Crippen LogP contribution is -2.36. The van der Waals surface area contributed by atoms with Crippen molar-refractivity contribution in [3.63, 3.8) is 0 Å². The van der Waals surface area contributed by atoms with Gasteiger partial charge in [0, 0.05) is 5.56 Å². The Balaban J connectivity index is 1.73. The first-order valence-corrected chi connectivity index (χ1v) is 9.61. The number of hydrogen-bond acceptors (Lipinski definition) is 11. The van der Waals surface area contributed by atoms with Gasteiger partial charge in [-0.25, -0.2) is 4.63 Å². The monoisotopic (exact) mass is 457 g/mol. The van der Waals surface area contributed by atoms with Crippen LogP contribution in [0.1, 0.15) is 41.5 Å². The summed E-state index contributed by atoms with van der Waals surface area (Å²) in [7, 11) is 1.45. The summed E-state index contributed by atoms with van der Waals surface area (Å²) in [6, 6.07) is 4.87. The number of aromatic nitrogens is 5. The van der Waals surface area contributed by atoms with Crippen molar-refractivity contribution in [2.75, 3.05) is 19.5 Å². The van der Waals surface area contributed by atoms with Crippen LogP contribution in [0.15, 0.2) is 29.4 Å². The number of primary amides is 1. The molecule has 1 aromatic carbocycles. The number of rotatable bonds is 10. The molecular formula is C19H23N9O5. The molecule has 0 atom stereocenters. The second-order valence-corrected chi connectivity index (χ2v) is 7.04. The summed E-state index contributed by atoms with van der Waals surface area (Å²) in [5, 5.41) is 15.1. The van der Waals surface area contributed by atoms with Crippen LogP contribution >= 0.6 is 0 Å². The highest BCUT2D eigenvalue weighted by molar-refractivity contribution is 5.93. The number of amides is 2. The average Bonchev–Trinajstić information content (AvgIpc) is 3.41. The van der Waals surface area contributed by atoms with E-state index in [9.17, 15) is 9.59 Å². The number of carbonyl (C=O) groups excluding carboxylic acids is 2. The van der Waals surface area contributed by atoms with Gasteiger partial charge in [0.05, 0.1) is 18.5 Å². The van der Waals surface area contributed by atoms with Gasteiger partial charge in [-0.2, -0.15) is 4.68 Å². The maximum atomic E-state index is 12.8. The van der Waals surface area contributed by atoms with Crippen molar-refractivity contribution < 1.29 is 23.7 Å². The van der Waals surface area contributed by atoms with E-state index in [0.29, 0.717) is 28.5 Å². The van der Waals surface area contributed by atoms with Gasteiger partial charge in [-0.3, -0.25) is 20.4 Å². The fourth-order valence-electron chi connectivity index (χ4n) is 2.85. The quantitative estimate of drug-likeness (QED) is 0.302. The van der Waals surface area contributed by atoms with Crippen LogP contribution in [0.3, 0.4) is 0 Å². The van der Waals surface area contributed by atoms with Gasteiger partial charge in [0.15, 0.2) is 23.8 Å². The SMILES string of the molecule is C=C(NNC(=O)c1nnn(-c2nonc2N)c1C(C)C)c1ccc(OCC(N)=O)c(OC)c1. The van der Waals surface area contributed by atoms with E-state index in [-0.39, 0.29) is 29.9 Å². The third-order valence-electron chi connectivity index (χ3n) is 4.37. The molecule has 0 spiro atoms. The molecule has 2 amide bonds. The topological polar surface area (TPSA) is 198 Å². The van der Waals surface area contributed by atoms with Crippen molar-refractivity contribution in [2.45, 2.75) is 19.8 Å². The molecule has 174 valence electrons. The maximum absolute atomic E-state index is 12.8. The molecule has 0 saturated heterocycles. The molecule has 0 aliphatic carbocycles. The van der Waals surface area contributed by atoms with Crippen LogP contribution < -0.4 is 31.8 Å². The van der Waals surface area contributed by atoms with E-state index in [1.165, 1.54) is 11.8 Å². The first-order chi connectivity index (χ1) is 15.7. The Morgan fingerprint density at radius 1 is 1.24 bits per heavy atom. The summed E-state index contributed by atoms with van der Waals surface area (Å²) in [4.78, 5) is 23.7. The van der Waals surface area contributed by atoms with Crippen LogP contribution in [0.5, 0.6) is 11.5 Å². The third-order valence-corrected chi connectivity index (χ3v) is 4.37. The largest absolute Gasteiger partial charge is 0.493 e. The summed E-state index contributed by atoms with van der Waals surface area (Å²) in [5.41, 5.74) is 17.5. The highest BCUT2D eigenvalue weighted by Gasteiger charge is 2.26. The number of nitrogens with one attached hydrogen (secondary N) is 2. The summed E-state index contributed by atoms with van der Waals surface area (Å²) in [5.74, 6) is -0.503. The van der Waals surface area contributed by atoms with Crippen molar-refractivity contribution in [2.24, 2.45) is 5.73 Å². The molecule has 14 nitrogen and oxygen atoms in total. The Kier molecular flexibility index (Phi) is 6.76. The van der Waals surface area contributed by atoms with E-state index in [1.54, 1.807) is 18.2 Å². The van der Waals surface area contributed by atoms with Crippen LogP contribution in [0.25, 0.3) is 11.5 Å². The molecule has 0 unspecified atom stereocenters. The molecule has 2 aromatic heterocycles. The van der Waals surface area contributed by atoms with Gasteiger partial charge in [-0.15, -0.1) is 5.10 Å². The molecule has 0 radical (unpaired) electrons. The van der Waals surface area contributed by atoms with E-state index >= 15 is 0 Å². The predicted octanol–water partition coefficient (Wildman–Crippen LogP) is 0.134. The molecule has 33 heavy (non-hydrogen) atoms. The summed E-state index contributed by atoms with van der Waals surface area (Å²) < 4.78 is 16.5. The van der Waals surface area contributed by atoms with E-state index < -0.39 is 11.8 Å². The van der Waals surface area contributed by atoms with Gasteiger partial charge >= 0.3 is 0 Å². The number of hydrazine groups is 1. The molecule has 14 heteroatoms. The Bertz CT molecular complexity index is 1180. The van der Waals surface area contributed by atoms with Gasteiger partial charge in [0.1, 0.15) is 0 Å². The second-order valence-electron chi connectivity index (χ2n) is 7.04. The van der Waals surface area contributed by atoms with Crippen LogP contribution in [0.4, 0.5) is 5.82 Å². The van der Waals surface area contributed by atoms with Gasteiger partial charge < -0.3 is 20.9 Å². The lowest BCUT2D eigenvalue weighted by molar-refractivity contribution is -0.119. The maximum Gasteiger partial charge on any atom is 0.292 e. The van der Waals surface area contributed by atoms with Crippen LogP contribution in [-0.2, 0) is 4.79 Å². The minimum Gasteiger partial charge on any atom is -0.493 e. The number of nitrogen functional groups attached to an aromatic ring is 1. The molecule has 0 saturated carbocycles. The predicted molar refractivity (Wildman–Crippen MR) is 115 cm³/mol. The average molecular weight is 457 g/mol. The highest BCUT2D eigenvalue weighted by atomic mass is 16.6. The lowest BCUT2D eigenvalue weighted by atomic mass is 10.1. The number of anilines is 1. The summed E-state index contributed by atoms with van der Waals surface area (Å²) in [6.45, 7) is 7.32. The molecule has 3 rings (SSSR count). The minimum atomic E-state index is -0.616. The first kappa shape index (κ1) is 23.1. The molecule has 0 aliphatic heterocycles.